The van der Waals surface area contributed by atoms with Crippen molar-refractivity contribution < 1.29 is 19.1 Å². The van der Waals surface area contributed by atoms with E-state index in [1.54, 1.807) is 78.9 Å². The monoisotopic (exact) mass is 610 g/mol. The van der Waals surface area contributed by atoms with Gasteiger partial charge in [-0.05, 0) is 83.9 Å². The summed E-state index contributed by atoms with van der Waals surface area (Å²) in [5.74, 6) is -1.13. The maximum atomic E-state index is 13.0. The van der Waals surface area contributed by atoms with Gasteiger partial charge in [0, 0.05) is 29.8 Å². The molecular formula is C32H27BrN4O4. The molecule has 0 aliphatic carbocycles. The Morgan fingerprint density at radius 3 is 2.12 bits per heavy atom. The number of amides is 2. The third-order valence-electron chi connectivity index (χ3n) is 5.78. The first-order valence-electron chi connectivity index (χ1n) is 12.6. The van der Waals surface area contributed by atoms with Gasteiger partial charge in [0.2, 0.25) is 0 Å². The van der Waals surface area contributed by atoms with Crippen molar-refractivity contribution in [3.8, 4) is 5.75 Å². The summed E-state index contributed by atoms with van der Waals surface area (Å²) < 4.78 is 6.19. The molecule has 2 N–H and O–H groups in total. The van der Waals surface area contributed by atoms with Crippen LogP contribution in [0.4, 0.5) is 5.69 Å². The van der Waals surface area contributed by atoms with Crippen LogP contribution in [0.15, 0.2) is 118 Å². The second kappa shape index (κ2) is 13.9. The number of benzene rings is 4. The highest BCUT2D eigenvalue weighted by Crippen LogP contribution is 2.17. The molecule has 0 aromatic heterocycles. The van der Waals surface area contributed by atoms with Gasteiger partial charge in [0.05, 0.1) is 11.8 Å². The number of nitrogens with one attached hydrogen (secondary N) is 2. The topological polar surface area (TPSA) is 100 Å². The average Bonchev–Trinajstić information content (AvgIpc) is 2.98. The van der Waals surface area contributed by atoms with Crippen molar-refractivity contribution in [3.05, 3.63) is 136 Å². The number of anilines is 1. The zero-order valence-electron chi connectivity index (χ0n) is 22.4. The lowest BCUT2D eigenvalue weighted by Crippen LogP contribution is -2.32. The summed E-state index contributed by atoms with van der Waals surface area (Å²) in [4.78, 5) is 40.1. The van der Waals surface area contributed by atoms with Gasteiger partial charge in [0.25, 0.3) is 11.8 Å². The Morgan fingerprint density at radius 2 is 1.46 bits per heavy atom. The van der Waals surface area contributed by atoms with Crippen LogP contribution in [-0.2, 0) is 4.79 Å². The molecule has 0 bridgehead atoms. The van der Waals surface area contributed by atoms with Crippen molar-refractivity contribution >= 4 is 51.7 Å². The summed E-state index contributed by atoms with van der Waals surface area (Å²) >= 11 is 3.34. The molecule has 0 heterocycles. The van der Waals surface area contributed by atoms with E-state index in [2.05, 4.69) is 31.8 Å². The highest BCUT2D eigenvalue weighted by atomic mass is 79.9. The number of hydrogen-bond donors (Lipinski definition) is 2. The quantitative estimate of drug-likeness (QED) is 0.0838. The number of ether oxygens (including phenoxy) is 1. The number of hydrazone groups is 1. The third-order valence-corrected chi connectivity index (χ3v) is 6.27. The molecule has 0 unspecified atom stereocenters. The summed E-state index contributed by atoms with van der Waals surface area (Å²) in [7, 11) is 3.87. The van der Waals surface area contributed by atoms with Crippen molar-refractivity contribution in [1.82, 2.24) is 10.7 Å². The van der Waals surface area contributed by atoms with Gasteiger partial charge < -0.3 is 15.0 Å². The third kappa shape index (κ3) is 8.48. The molecule has 4 aromatic carbocycles. The molecule has 0 aliphatic rings. The van der Waals surface area contributed by atoms with Crippen LogP contribution >= 0.6 is 15.9 Å². The summed E-state index contributed by atoms with van der Waals surface area (Å²) in [5, 5.41) is 6.72. The zero-order valence-corrected chi connectivity index (χ0v) is 24.0. The molecule has 8 nitrogen and oxygen atoms in total. The maximum Gasteiger partial charge on any atom is 0.343 e. The Balaban J connectivity index is 1.43. The smallest absolute Gasteiger partial charge is 0.343 e. The number of rotatable bonds is 9. The molecule has 0 aliphatic heterocycles. The predicted octanol–water partition coefficient (Wildman–Crippen LogP) is 5.66. The fourth-order valence-corrected chi connectivity index (χ4v) is 4.01. The molecule has 41 heavy (non-hydrogen) atoms. The number of esters is 1. The van der Waals surface area contributed by atoms with Crippen molar-refractivity contribution in [3.63, 3.8) is 0 Å². The van der Waals surface area contributed by atoms with Crippen LogP contribution in [0.2, 0.25) is 0 Å². The van der Waals surface area contributed by atoms with E-state index in [1.165, 1.54) is 6.21 Å². The number of hydrogen-bond acceptors (Lipinski definition) is 6. The SMILES string of the molecule is CN(C)c1ccc(/C=C(\NC(=O)c2ccccc2)C(=O)N/N=C\c2ccc(OC(=O)c3cccc(Br)c3)cc2)cc1. The van der Waals surface area contributed by atoms with E-state index in [4.69, 9.17) is 4.74 Å². The van der Waals surface area contributed by atoms with Crippen LogP contribution in [0.5, 0.6) is 5.75 Å². The van der Waals surface area contributed by atoms with Crippen molar-refractivity contribution in [1.29, 1.82) is 0 Å². The first kappa shape index (κ1) is 29.0. The Labute approximate surface area is 246 Å². The molecule has 0 saturated carbocycles. The van der Waals surface area contributed by atoms with Gasteiger partial charge in [-0.15, -0.1) is 0 Å². The van der Waals surface area contributed by atoms with Crippen LogP contribution < -0.4 is 20.4 Å². The predicted molar refractivity (Wildman–Crippen MR) is 164 cm³/mol. The summed E-state index contributed by atoms with van der Waals surface area (Å²) in [5.41, 5.74) is 5.71. The van der Waals surface area contributed by atoms with Crippen LogP contribution in [-0.4, -0.2) is 38.1 Å². The summed E-state index contributed by atoms with van der Waals surface area (Å²) in [6.45, 7) is 0. The van der Waals surface area contributed by atoms with Crippen molar-refractivity contribution in [2.75, 3.05) is 19.0 Å². The lowest BCUT2D eigenvalue weighted by Gasteiger charge is -2.12. The van der Waals surface area contributed by atoms with Gasteiger partial charge >= 0.3 is 5.97 Å². The molecule has 4 rings (SSSR count). The molecule has 0 fully saturated rings. The van der Waals surface area contributed by atoms with Crippen LogP contribution in [0.1, 0.15) is 31.8 Å². The lowest BCUT2D eigenvalue weighted by molar-refractivity contribution is -0.117. The Morgan fingerprint density at radius 1 is 0.805 bits per heavy atom. The first-order valence-corrected chi connectivity index (χ1v) is 13.3. The lowest BCUT2D eigenvalue weighted by atomic mass is 10.1. The molecule has 9 heteroatoms. The van der Waals surface area contributed by atoms with Gasteiger partial charge in [0.1, 0.15) is 11.4 Å². The van der Waals surface area contributed by atoms with Gasteiger partial charge in [-0.2, -0.15) is 5.10 Å². The van der Waals surface area contributed by atoms with E-state index in [0.29, 0.717) is 22.4 Å². The Bertz CT molecular complexity index is 1580. The van der Waals surface area contributed by atoms with Crippen LogP contribution in [0, 0.1) is 0 Å². The zero-order chi connectivity index (χ0) is 29.2. The molecule has 0 saturated heterocycles. The molecule has 0 radical (unpaired) electrons. The maximum absolute atomic E-state index is 13.0. The summed E-state index contributed by atoms with van der Waals surface area (Å²) in [6, 6.07) is 29.7. The van der Waals surface area contributed by atoms with E-state index in [9.17, 15) is 14.4 Å². The standard InChI is InChI=1S/C32H27BrN4O4/c1-37(2)27-15-11-22(12-16-27)19-29(35-30(38)24-7-4-3-5-8-24)31(39)36-34-21-23-13-17-28(18-14-23)41-32(40)25-9-6-10-26(33)20-25/h3-21H,1-2H3,(H,35,38)(H,36,39)/b29-19-,34-21-. The highest BCUT2D eigenvalue weighted by Gasteiger charge is 2.14. The highest BCUT2D eigenvalue weighted by molar-refractivity contribution is 9.10. The first-order chi connectivity index (χ1) is 19.8. The van der Waals surface area contributed by atoms with Gasteiger partial charge in [-0.3, -0.25) is 9.59 Å². The fourth-order valence-electron chi connectivity index (χ4n) is 3.61. The number of halogens is 1. The number of carbonyl (C=O) groups is 3. The molecule has 206 valence electrons. The number of nitrogens with zero attached hydrogens (tertiary/aromatic N) is 2. The average molecular weight is 611 g/mol. The van der Waals surface area contributed by atoms with Crippen LogP contribution in [0.3, 0.4) is 0 Å². The molecule has 2 amide bonds. The number of carbonyl (C=O) groups excluding carboxylic acids is 3. The van der Waals surface area contributed by atoms with E-state index >= 15 is 0 Å². The second-order valence-electron chi connectivity index (χ2n) is 9.03. The van der Waals surface area contributed by atoms with E-state index in [0.717, 1.165) is 15.7 Å². The minimum Gasteiger partial charge on any atom is -0.423 e. The molecule has 0 atom stereocenters. The van der Waals surface area contributed by atoms with Gasteiger partial charge in [0.15, 0.2) is 0 Å². The van der Waals surface area contributed by atoms with Crippen molar-refractivity contribution in [2.45, 2.75) is 0 Å². The minimum absolute atomic E-state index is 0.0309. The molecule has 0 spiro atoms. The van der Waals surface area contributed by atoms with Crippen LogP contribution in [0.25, 0.3) is 6.08 Å². The van der Waals surface area contributed by atoms with Gasteiger partial charge in [-0.25, -0.2) is 10.2 Å². The van der Waals surface area contributed by atoms with E-state index in [1.807, 2.05) is 49.3 Å². The van der Waals surface area contributed by atoms with Crippen molar-refractivity contribution in [2.24, 2.45) is 5.10 Å². The van der Waals surface area contributed by atoms with E-state index < -0.39 is 17.8 Å². The minimum atomic E-state index is -0.596. The Hall–Kier alpha value is -5.02. The largest absolute Gasteiger partial charge is 0.423 e. The molecule has 4 aromatic rings. The molecular weight excluding hydrogens is 584 g/mol. The normalized spacial score (nSPS) is 11.1. The summed E-state index contributed by atoms with van der Waals surface area (Å²) in [6.07, 6.45) is 3.03. The van der Waals surface area contributed by atoms with Gasteiger partial charge in [-0.1, -0.05) is 52.3 Å². The fraction of sp³-hybridized carbons (Fsp3) is 0.0625. The Kier molecular flexibility index (Phi) is 9.80. The van der Waals surface area contributed by atoms with E-state index in [-0.39, 0.29) is 5.70 Å². The second-order valence-corrected chi connectivity index (χ2v) is 9.95.